The molecule has 4 heterocycles. The third-order valence-electron chi connectivity index (χ3n) is 14.6. The lowest BCUT2D eigenvalue weighted by molar-refractivity contribution is -0.265. The van der Waals surface area contributed by atoms with Gasteiger partial charge in [0.2, 0.25) is 0 Å². The molecule has 7 nitrogen and oxygen atoms in total. The number of rotatable bonds is 1. The topological polar surface area (TPSA) is 104 Å². The fourth-order valence-electron chi connectivity index (χ4n) is 12.4. The van der Waals surface area contributed by atoms with Crippen molar-refractivity contribution < 1.29 is 29.2 Å². The predicted molar refractivity (Wildman–Crippen MR) is 166 cm³/mol. The highest BCUT2D eigenvalue weighted by atomic mass is 16.7. The van der Waals surface area contributed by atoms with E-state index in [0.29, 0.717) is 12.3 Å². The van der Waals surface area contributed by atoms with Gasteiger partial charge in [-0.2, -0.15) is 0 Å². The number of aromatic amines is 1. The van der Waals surface area contributed by atoms with Crippen LogP contribution in [0, 0.1) is 23.2 Å². The summed E-state index contributed by atoms with van der Waals surface area (Å²) in [6.45, 7) is 19.0. The summed E-state index contributed by atoms with van der Waals surface area (Å²) in [4.78, 5) is 18.0. The van der Waals surface area contributed by atoms with Crippen molar-refractivity contribution in [3.63, 3.8) is 0 Å². The lowest BCUT2D eigenvalue weighted by atomic mass is 9.40. The van der Waals surface area contributed by atoms with Crippen molar-refractivity contribution in [2.45, 2.75) is 139 Å². The minimum absolute atomic E-state index is 0.120. The van der Waals surface area contributed by atoms with Gasteiger partial charge < -0.3 is 29.4 Å². The molecule has 1 aromatic carbocycles. The Balaban J connectivity index is 1.18. The van der Waals surface area contributed by atoms with E-state index in [0.717, 1.165) is 48.8 Å². The molecular formula is C37H47NO6. The lowest BCUT2D eigenvalue weighted by Gasteiger charge is -2.66. The fraction of sp³-hybridized carbons (Fsp3) is 0.703. The summed E-state index contributed by atoms with van der Waals surface area (Å²) in [5.41, 5.74) is 2.65. The summed E-state index contributed by atoms with van der Waals surface area (Å²) in [6, 6.07) is 4.14. The normalized spacial score (nSPS) is 48.8. The minimum atomic E-state index is -1.15. The summed E-state index contributed by atoms with van der Waals surface area (Å²) < 4.78 is 19.5. The molecule has 5 fully saturated rings. The second-order valence-corrected chi connectivity index (χ2v) is 17.0. The maximum atomic E-state index is 14.2. The van der Waals surface area contributed by atoms with Gasteiger partial charge in [0.25, 0.3) is 0 Å². The number of carbonyl (C=O) groups excluding carboxylic acids is 1. The number of ketones is 1. The summed E-state index contributed by atoms with van der Waals surface area (Å²) in [7, 11) is 0. The number of aliphatic hydroxyl groups is 2. The van der Waals surface area contributed by atoms with E-state index in [4.69, 9.17) is 14.2 Å². The monoisotopic (exact) mass is 601 g/mol. The van der Waals surface area contributed by atoms with Crippen molar-refractivity contribution >= 4 is 16.7 Å². The van der Waals surface area contributed by atoms with E-state index in [1.54, 1.807) is 0 Å². The van der Waals surface area contributed by atoms with Gasteiger partial charge in [0, 0.05) is 38.9 Å². The zero-order chi connectivity index (χ0) is 31.1. The molecule has 7 aliphatic rings. The molecule has 4 aliphatic carbocycles. The zero-order valence-corrected chi connectivity index (χ0v) is 27.2. The minimum Gasteiger partial charge on any atom is -0.387 e. The first-order valence-corrected chi connectivity index (χ1v) is 16.8. The Morgan fingerprint density at radius 1 is 1.02 bits per heavy atom. The number of epoxide rings is 1. The Kier molecular flexibility index (Phi) is 5.07. The molecule has 3 saturated heterocycles. The van der Waals surface area contributed by atoms with Gasteiger partial charge >= 0.3 is 0 Å². The smallest absolute Gasteiger partial charge is 0.169 e. The van der Waals surface area contributed by atoms with Crippen LogP contribution in [0.1, 0.15) is 101 Å². The number of ether oxygens (including phenoxy) is 3. The molecule has 9 rings (SSSR count). The third kappa shape index (κ3) is 2.81. The molecule has 0 amide bonds. The standard InChI is InChI=1S/C37H47NO6/c1-17(2)29-28(40)31-37(43-31)24(42-29)12-13-34(7)35(8)18(11-14-36(34,37)41)15-21-25-20-16-22-26(33(5,6)44-32(22,3)4)27(39)19(20)9-10-23(25)38-30(21)35/h9-10,18,22,24,26,28-29,31,38,40-41H,1,11-16H2,2-8H3/t18-,22+,24-,26-,28+,29+,31+,34+,35+,36-,37-/m0/s1. The Morgan fingerprint density at radius 3 is 2.50 bits per heavy atom. The maximum Gasteiger partial charge on any atom is 0.169 e. The number of nitrogens with one attached hydrogen (secondary N) is 1. The van der Waals surface area contributed by atoms with E-state index in [1.807, 2.05) is 13.0 Å². The molecular weight excluding hydrogens is 554 g/mol. The molecule has 236 valence electrons. The predicted octanol–water partition coefficient (Wildman–Crippen LogP) is 5.32. The van der Waals surface area contributed by atoms with E-state index in [9.17, 15) is 15.0 Å². The van der Waals surface area contributed by atoms with Crippen LogP contribution in [0.2, 0.25) is 0 Å². The van der Waals surface area contributed by atoms with Crippen LogP contribution >= 0.6 is 0 Å². The van der Waals surface area contributed by atoms with Gasteiger partial charge in [0.15, 0.2) is 11.4 Å². The number of hydrogen-bond acceptors (Lipinski definition) is 6. The molecule has 7 heteroatoms. The Bertz CT molecular complexity index is 1690. The summed E-state index contributed by atoms with van der Waals surface area (Å²) in [6.07, 6.45) is 2.77. The highest BCUT2D eigenvalue weighted by Crippen LogP contribution is 2.75. The van der Waals surface area contributed by atoms with Gasteiger partial charge in [0.05, 0.1) is 23.2 Å². The first kappa shape index (κ1) is 28.2. The zero-order valence-electron chi connectivity index (χ0n) is 27.2. The Hall–Kier alpha value is -2.03. The van der Waals surface area contributed by atoms with Crippen LogP contribution in [-0.2, 0) is 32.5 Å². The molecule has 1 spiro atoms. The van der Waals surface area contributed by atoms with Gasteiger partial charge in [-0.3, -0.25) is 4.79 Å². The van der Waals surface area contributed by atoms with E-state index in [-0.39, 0.29) is 34.7 Å². The molecule has 2 aromatic rings. The number of aromatic nitrogens is 1. The molecule has 3 aliphatic heterocycles. The summed E-state index contributed by atoms with van der Waals surface area (Å²) in [5, 5.41) is 25.5. The molecule has 0 radical (unpaired) electrons. The molecule has 0 unspecified atom stereocenters. The van der Waals surface area contributed by atoms with Crippen LogP contribution in [0.4, 0.5) is 0 Å². The lowest BCUT2D eigenvalue weighted by Crippen LogP contribution is -2.76. The van der Waals surface area contributed by atoms with Crippen LogP contribution in [0.25, 0.3) is 10.9 Å². The van der Waals surface area contributed by atoms with Crippen molar-refractivity contribution in [1.82, 2.24) is 4.98 Å². The van der Waals surface area contributed by atoms with Crippen LogP contribution in [-0.4, -0.2) is 67.8 Å². The van der Waals surface area contributed by atoms with Crippen molar-refractivity contribution in [3.8, 4) is 0 Å². The molecule has 3 N–H and O–H groups in total. The van der Waals surface area contributed by atoms with Crippen molar-refractivity contribution in [1.29, 1.82) is 0 Å². The van der Waals surface area contributed by atoms with Crippen molar-refractivity contribution in [2.75, 3.05) is 0 Å². The van der Waals surface area contributed by atoms with Crippen LogP contribution in [0.15, 0.2) is 24.3 Å². The highest BCUT2D eigenvalue weighted by Gasteiger charge is 2.86. The molecule has 2 saturated carbocycles. The first-order valence-electron chi connectivity index (χ1n) is 16.8. The first-order chi connectivity index (χ1) is 20.5. The highest BCUT2D eigenvalue weighted by molar-refractivity contribution is 6.06. The number of fused-ring (bicyclic) bond motifs is 10. The molecule has 44 heavy (non-hydrogen) atoms. The van der Waals surface area contributed by atoms with Gasteiger partial charge in [0.1, 0.15) is 23.9 Å². The van der Waals surface area contributed by atoms with Crippen LogP contribution < -0.4 is 0 Å². The van der Waals surface area contributed by atoms with Crippen molar-refractivity contribution in [3.05, 3.63) is 46.7 Å². The SMILES string of the molecule is C=C(C)[C@H]1O[C@H]2CC[C@@]3(C)[C@@](O)(CC[C@H]4Cc5c([nH]c6ccc7c(c56)C[C@@H]5[C@@H](C7=O)C(C)(C)OC5(C)C)[C@@]43C)[C@]23O[C@@H]3[C@@H]1O. The quantitative estimate of drug-likeness (QED) is 0.302. The molecule has 1 aromatic heterocycles. The summed E-state index contributed by atoms with van der Waals surface area (Å²) in [5.74, 6) is 0.538. The molecule has 0 bridgehead atoms. The number of hydrogen-bond donors (Lipinski definition) is 3. The van der Waals surface area contributed by atoms with E-state index >= 15 is 0 Å². The second-order valence-electron chi connectivity index (χ2n) is 17.0. The number of aliphatic hydroxyl groups excluding tert-OH is 1. The summed E-state index contributed by atoms with van der Waals surface area (Å²) >= 11 is 0. The van der Waals surface area contributed by atoms with Gasteiger partial charge in [-0.1, -0.05) is 20.4 Å². The average Bonchev–Trinajstić information content (AvgIpc) is 3.44. The van der Waals surface area contributed by atoms with E-state index < -0.39 is 40.5 Å². The van der Waals surface area contributed by atoms with Gasteiger partial charge in [-0.15, -0.1) is 0 Å². The second kappa shape index (κ2) is 7.91. The average molecular weight is 602 g/mol. The fourth-order valence-corrected chi connectivity index (χ4v) is 12.4. The van der Waals surface area contributed by atoms with Gasteiger partial charge in [-0.05, 0) is 108 Å². The van der Waals surface area contributed by atoms with Crippen molar-refractivity contribution in [2.24, 2.45) is 23.2 Å². The molecule has 11 atom stereocenters. The van der Waals surface area contributed by atoms with E-state index in [2.05, 4.69) is 59.2 Å². The number of benzene rings is 1. The number of H-pyrrole nitrogens is 1. The third-order valence-corrected chi connectivity index (χ3v) is 14.6. The van der Waals surface area contributed by atoms with E-state index in [1.165, 1.54) is 22.2 Å². The largest absolute Gasteiger partial charge is 0.387 e. The Morgan fingerprint density at radius 2 is 1.77 bits per heavy atom. The van der Waals surface area contributed by atoms with Crippen LogP contribution in [0.5, 0.6) is 0 Å². The Labute approximate surface area is 259 Å². The van der Waals surface area contributed by atoms with Gasteiger partial charge in [-0.25, -0.2) is 0 Å². The number of carbonyl (C=O) groups is 1. The maximum absolute atomic E-state index is 14.2. The number of Topliss-reactive ketones (excluding diaryl/α,β-unsaturated/α-hetero) is 1. The van der Waals surface area contributed by atoms with Crippen LogP contribution in [0.3, 0.4) is 0 Å².